The number of rotatable bonds is 2. The SMILES string of the molecule is C/C=C\C1=C(C)N(C)CC1C(C)C. The minimum Gasteiger partial charge on any atom is -0.377 e. The summed E-state index contributed by atoms with van der Waals surface area (Å²) in [4.78, 5) is 2.36. The zero-order valence-electron chi connectivity index (χ0n) is 9.46. The Balaban J connectivity index is 2.92. The van der Waals surface area contributed by atoms with E-state index in [0.29, 0.717) is 0 Å². The molecule has 1 aliphatic heterocycles. The Kier molecular flexibility index (Phi) is 3.18. The fourth-order valence-corrected chi connectivity index (χ4v) is 2.01. The highest BCUT2D eigenvalue weighted by atomic mass is 15.1. The Morgan fingerprint density at radius 3 is 2.54 bits per heavy atom. The van der Waals surface area contributed by atoms with Crippen molar-refractivity contribution in [2.45, 2.75) is 27.7 Å². The Labute approximate surface area is 82.1 Å². The molecule has 0 saturated heterocycles. The molecular formula is C12H21N. The van der Waals surface area contributed by atoms with Gasteiger partial charge in [-0.2, -0.15) is 0 Å². The average molecular weight is 179 g/mol. The molecule has 0 aromatic heterocycles. The van der Waals surface area contributed by atoms with Crippen LogP contribution in [0.2, 0.25) is 0 Å². The van der Waals surface area contributed by atoms with Crippen molar-refractivity contribution in [3.63, 3.8) is 0 Å². The molecule has 0 fully saturated rings. The molecule has 74 valence electrons. The molecule has 0 aromatic carbocycles. The molecule has 1 unspecified atom stereocenters. The number of allylic oxidation sites excluding steroid dienone is 3. The van der Waals surface area contributed by atoms with E-state index in [1.54, 1.807) is 0 Å². The van der Waals surface area contributed by atoms with Crippen molar-refractivity contribution >= 4 is 0 Å². The van der Waals surface area contributed by atoms with Gasteiger partial charge in [0.15, 0.2) is 0 Å². The van der Waals surface area contributed by atoms with Gasteiger partial charge in [-0.3, -0.25) is 0 Å². The van der Waals surface area contributed by atoms with Gasteiger partial charge in [0.05, 0.1) is 0 Å². The predicted molar refractivity (Wildman–Crippen MR) is 58.5 cm³/mol. The van der Waals surface area contributed by atoms with Gasteiger partial charge in [-0.15, -0.1) is 0 Å². The maximum Gasteiger partial charge on any atom is 0.0243 e. The van der Waals surface area contributed by atoms with Gasteiger partial charge in [-0.1, -0.05) is 26.0 Å². The molecule has 1 nitrogen and oxygen atoms in total. The van der Waals surface area contributed by atoms with Crippen LogP contribution in [0.5, 0.6) is 0 Å². The van der Waals surface area contributed by atoms with Gasteiger partial charge in [0.1, 0.15) is 0 Å². The maximum absolute atomic E-state index is 2.36. The van der Waals surface area contributed by atoms with Crippen LogP contribution >= 0.6 is 0 Å². The Morgan fingerprint density at radius 1 is 1.46 bits per heavy atom. The van der Waals surface area contributed by atoms with Crippen LogP contribution in [-0.2, 0) is 0 Å². The van der Waals surface area contributed by atoms with Crippen LogP contribution in [0.15, 0.2) is 23.4 Å². The molecule has 13 heavy (non-hydrogen) atoms. The molecule has 0 bridgehead atoms. The third-order valence-electron chi connectivity index (χ3n) is 3.01. The summed E-state index contributed by atoms with van der Waals surface area (Å²) in [7, 11) is 2.18. The molecule has 1 atom stereocenters. The molecule has 1 heterocycles. The van der Waals surface area contributed by atoms with Gasteiger partial charge >= 0.3 is 0 Å². The zero-order chi connectivity index (χ0) is 10.0. The van der Waals surface area contributed by atoms with E-state index in [9.17, 15) is 0 Å². The van der Waals surface area contributed by atoms with E-state index in [0.717, 1.165) is 11.8 Å². The first-order chi connectivity index (χ1) is 6.07. The minimum atomic E-state index is 0.723. The first-order valence-electron chi connectivity index (χ1n) is 5.12. The fraction of sp³-hybridized carbons (Fsp3) is 0.667. The Bertz CT molecular complexity index is 236. The van der Waals surface area contributed by atoms with Crippen molar-refractivity contribution in [2.24, 2.45) is 11.8 Å². The number of hydrogen-bond donors (Lipinski definition) is 0. The van der Waals surface area contributed by atoms with Crippen LogP contribution in [0.3, 0.4) is 0 Å². The molecule has 0 saturated carbocycles. The Morgan fingerprint density at radius 2 is 2.08 bits per heavy atom. The summed E-state index contributed by atoms with van der Waals surface area (Å²) in [5.41, 5.74) is 2.97. The van der Waals surface area contributed by atoms with Gasteiger partial charge in [-0.25, -0.2) is 0 Å². The first-order valence-corrected chi connectivity index (χ1v) is 5.12. The second-order valence-electron chi connectivity index (χ2n) is 4.27. The predicted octanol–water partition coefficient (Wildman–Crippen LogP) is 3.05. The highest BCUT2D eigenvalue weighted by Gasteiger charge is 2.27. The summed E-state index contributed by atoms with van der Waals surface area (Å²) < 4.78 is 0. The minimum absolute atomic E-state index is 0.723. The van der Waals surface area contributed by atoms with Crippen LogP contribution in [0.4, 0.5) is 0 Å². The molecule has 0 N–H and O–H groups in total. The van der Waals surface area contributed by atoms with Gasteiger partial charge in [0, 0.05) is 25.2 Å². The topological polar surface area (TPSA) is 3.24 Å². The van der Waals surface area contributed by atoms with Crippen LogP contribution < -0.4 is 0 Å². The monoisotopic (exact) mass is 179 g/mol. The third kappa shape index (κ3) is 1.96. The van der Waals surface area contributed by atoms with Crippen LogP contribution in [0.25, 0.3) is 0 Å². The van der Waals surface area contributed by atoms with Crippen molar-refractivity contribution in [3.05, 3.63) is 23.4 Å². The van der Waals surface area contributed by atoms with Crippen LogP contribution in [-0.4, -0.2) is 18.5 Å². The summed E-state index contributed by atoms with van der Waals surface area (Å²) in [6, 6.07) is 0. The van der Waals surface area contributed by atoms with E-state index in [2.05, 4.69) is 51.8 Å². The lowest BCUT2D eigenvalue weighted by Gasteiger charge is -2.17. The van der Waals surface area contributed by atoms with E-state index in [1.807, 2.05) is 0 Å². The van der Waals surface area contributed by atoms with Gasteiger partial charge in [0.2, 0.25) is 0 Å². The fourth-order valence-electron chi connectivity index (χ4n) is 2.01. The van der Waals surface area contributed by atoms with E-state index >= 15 is 0 Å². The molecule has 0 spiro atoms. The molecule has 1 aliphatic rings. The summed E-state index contributed by atoms with van der Waals surface area (Å²) in [5.74, 6) is 1.47. The third-order valence-corrected chi connectivity index (χ3v) is 3.01. The van der Waals surface area contributed by atoms with Gasteiger partial charge in [0.25, 0.3) is 0 Å². The van der Waals surface area contributed by atoms with E-state index < -0.39 is 0 Å². The van der Waals surface area contributed by atoms with Crippen molar-refractivity contribution in [2.75, 3.05) is 13.6 Å². The second-order valence-corrected chi connectivity index (χ2v) is 4.27. The number of hydrogen-bond acceptors (Lipinski definition) is 1. The van der Waals surface area contributed by atoms with E-state index in [-0.39, 0.29) is 0 Å². The van der Waals surface area contributed by atoms with Crippen LogP contribution in [0.1, 0.15) is 27.7 Å². The Hall–Kier alpha value is -0.720. The molecule has 0 radical (unpaired) electrons. The lowest BCUT2D eigenvalue weighted by atomic mass is 9.89. The summed E-state index contributed by atoms with van der Waals surface area (Å²) >= 11 is 0. The molecule has 1 rings (SSSR count). The second kappa shape index (κ2) is 3.99. The standard InChI is InChI=1S/C12H21N/c1-6-7-11-10(4)13(5)8-12(11)9(2)3/h6-7,9,12H,8H2,1-5H3/b7-6-. The lowest BCUT2D eigenvalue weighted by molar-refractivity contribution is 0.358. The van der Waals surface area contributed by atoms with Gasteiger partial charge < -0.3 is 4.90 Å². The summed E-state index contributed by atoms with van der Waals surface area (Å²) in [5, 5.41) is 0. The molecular weight excluding hydrogens is 158 g/mol. The van der Waals surface area contributed by atoms with Crippen molar-refractivity contribution in [3.8, 4) is 0 Å². The van der Waals surface area contributed by atoms with Crippen molar-refractivity contribution < 1.29 is 0 Å². The van der Waals surface area contributed by atoms with Crippen molar-refractivity contribution in [1.29, 1.82) is 0 Å². The molecule has 0 amide bonds. The zero-order valence-corrected chi connectivity index (χ0v) is 9.46. The summed E-state index contributed by atoms with van der Waals surface area (Å²) in [6.07, 6.45) is 4.41. The highest BCUT2D eigenvalue weighted by Crippen LogP contribution is 2.32. The van der Waals surface area contributed by atoms with E-state index in [1.165, 1.54) is 17.8 Å². The number of nitrogens with zero attached hydrogens (tertiary/aromatic N) is 1. The first kappa shape index (κ1) is 10.4. The molecule has 0 aromatic rings. The smallest absolute Gasteiger partial charge is 0.0243 e. The quantitative estimate of drug-likeness (QED) is 0.629. The normalized spacial score (nSPS) is 24.2. The largest absolute Gasteiger partial charge is 0.377 e. The maximum atomic E-state index is 2.36. The van der Waals surface area contributed by atoms with Gasteiger partial charge in [-0.05, 0) is 25.3 Å². The van der Waals surface area contributed by atoms with E-state index in [4.69, 9.17) is 0 Å². The molecule has 1 heteroatoms. The average Bonchev–Trinajstić information content (AvgIpc) is 2.33. The summed E-state index contributed by atoms with van der Waals surface area (Å²) in [6.45, 7) is 10.1. The highest BCUT2D eigenvalue weighted by molar-refractivity contribution is 5.31. The lowest BCUT2D eigenvalue weighted by Crippen LogP contribution is -2.18. The molecule has 0 aliphatic carbocycles. The van der Waals surface area contributed by atoms with Crippen LogP contribution in [0, 0.1) is 11.8 Å². The van der Waals surface area contributed by atoms with Crippen molar-refractivity contribution in [1.82, 2.24) is 4.90 Å².